The standard InChI is InChI=1S/C10H9BrO4/c11-8-3-1-2-7(4-8)6-15-10(14)5-9(12)13/h1-4H,5-6H2,(H,12,13). The fourth-order valence-electron chi connectivity index (χ4n) is 0.965. The summed E-state index contributed by atoms with van der Waals surface area (Å²) in [4.78, 5) is 21.1. The number of hydrogen-bond acceptors (Lipinski definition) is 3. The number of halogens is 1. The Balaban J connectivity index is 2.43. The molecule has 0 saturated heterocycles. The Labute approximate surface area is 95.0 Å². The van der Waals surface area contributed by atoms with Gasteiger partial charge in [0.2, 0.25) is 0 Å². The molecule has 0 aromatic heterocycles. The van der Waals surface area contributed by atoms with Crippen molar-refractivity contribution in [2.24, 2.45) is 0 Å². The summed E-state index contributed by atoms with van der Waals surface area (Å²) < 4.78 is 5.64. The molecule has 0 amide bonds. The fraction of sp³-hybridized carbons (Fsp3) is 0.200. The third-order valence-electron chi connectivity index (χ3n) is 1.58. The summed E-state index contributed by atoms with van der Waals surface area (Å²) in [5.74, 6) is -1.92. The molecule has 0 aliphatic carbocycles. The average Bonchev–Trinajstić information content (AvgIpc) is 2.14. The molecule has 0 bridgehead atoms. The van der Waals surface area contributed by atoms with Gasteiger partial charge in [-0.25, -0.2) is 0 Å². The van der Waals surface area contributed by atoms with Crippen LogP contribution >= 0.6 is 15.9 Å². The normalized spacial score (nSPS) is 9.67. The maximum absolute atomic E-state index is 10.9. The van der Waals surface area contributed by atoms with Crippen LogP contribution in [0.3, 0.4) is 0 Å². The van der Waals surface area contributed by atoms with Gasteiger partial charge in [-0.3, -0.25) is 9.59 Å². The number of rotatable bonds is 4. The van der Waals surface area contributed by atoms with Gasteiger partial charge in [0.05, 0.1) is 0 Å². The zero-order valence-corrected chi connectivity index (χ0v) is 9.36. The van der Waals surface area contributed by atoms with Crippen LogP contribution in [0.15, 0.2) is 28.7 Å². The summed E-state index contributed by atoms with van der Waals surface area (Å²) in [5, 5.41) is 8.32. The molecule has 5 heteroatoms. The number of aliphatic carboxylic acids is 1. The van der Waals surface area contributed by atoms with Gasteiger partial charge in [0.15, 0.2) is 0 Å². The highest BCUT2D eigenvalue weighted by atomic mass is 79.9. The van der Waals surface area contributed by atoms with Crippen molar-refractivity contribution in [3.63, 3.8) is 0 Å². The van der Waals surface area contributed by atoms with Crippen molar-refractivity contribution in [3.8, 4) is 0 Å². The van der Waals surface area contributed by atoms with E-state index in [4.69, 9.17) is 9.84 Å². The molecular formula is C10H9BrO4. The van der Waals surface area contributed by atoms with E-state index < -0.39 is 18.4 Å². The van der Waals surface area contributed by atoms with Gasteiger partial charge in [0, 0.05) is 4.47 Å². The van der Waals surface area contributed by atoms with E-state index in [2.05, 4.69) is 15.9 Å². The predicted octanol–water partition coefficient (Wildman–Crippen LogP) is 1.97. The van der Waals surface area contributed by atoms with Gasteiger partial charge in [-0.15, -0.1) is 0 Å². The lowest BCUT2D eigenvalue weighted by Crippen LogP contribution is -2.10. The Bertz CT molecular complexity index is 375. The Hall–Kier alpha value is -1.36. The summed E-state index contributed by atoms with van der Waals surface area (Å²) in [6, 6.07) is 7.25. The van der Waals surface area contributed by atoms with E-state index in [1.165, 1.54) is 0 Å². The topological polar surface area (TPSA) is 63.6 Å². The number of carbonyl (C=O) groups is 2. The van der Waals surface area contributed by atoms with E-state index in [1.807, 2.05) is 12.1 Å². The molecule has 15 heavy (non-hydrogen) atoms. The zero-order chi connectivity index (χ0) is 11.3. The van der Waals surface area contributed by atoms with Crippen LogP contribution < -0.4 is 0 Å². The molecular weight excluding hydrogens is 264 g/mol. The van der Waals surface area contributed by atoms with Crippen LogP contribution in [0.1, 0.15) is 12.0 Å². The van der Waals surface area contributed by atoms with Crippen LogP contribution in [0, 0.1) is 0 Å². The third kappa shape index (κ3) is 4.60. The predicted molar refractivity (Wildman–Crippen MR) is 56.2 cm³/mol. The maximum Gasteiger partial charge on any atom is 0.317 e. The number of hydrogen-bond donors (Lipinski definition) is 1. The van der Waals surface area contributed by atoms with Crippen LogP contribution in [0.4, 0.5) is 0 Å². The Morgan fingerprint density at radius 1 is 1.40 bits per heavy atom. The summed E-state index contributed by atoms with van der Waals surface area (Å²) in [5.41, 5.74) is 0.808. The molecule has 1 N–H and O–H groups in total. The van der Waals surface area contributed by atoms with Crippen molar-refractivity contribution in [1.82, 2.24) is 0 Å². The molecule has 4 nitrogen and oxygen atoms in total. The molecule has 80 valence electrons. The summed E-state index contributed by atoms with van der Waals surface area (Å²) in [6.45, 7) is 0.0888. The van der Waals surface area contributed by atoms with Gasteiger partial charge in [-0.05, 0) is 17.7 Å². The molecule has 0 spiro atoms. The highest BCUT2D eigenvalue weighted by molar-refractivity contribution is 9.10. The number of carbonyl (C=O) groups excluding carboxylic acids is 1. The van der Waals surface area contributed by atoms with E-state index in [0.717, 1.165) is 10.0 Å². The van der Waals surface area contributed by atoms with Crippen LogP contribution in [0.5, 0.6) is 0 Å². The Morgan fingerprint density at radius 2 is 2.13 bits per heavy atom. The van der Waals surface area contributed by atoms with Crippen molar-refractivity contribution < 1.29 is 19.4 Å². The SMILES string of the molecule is O=C(O)CC(=O)OCc1cccc(Br)c1. The molecule has 0 fully saturated rings. The minimum atomic E-state index is -1.19. The first-order valence-corrected chi connectivity index (χ1v) is 4.99. The van der Waals surface area contributed by atoms with Crippen molar-refractivity contribution in [3.05, 3.63) is 34.3 Å². The fourth-order valence-corrected chi connectivity index (χ4v) is 1.41. The highest BCUT2D eigenvalue weighted by Gasteiger charge is 2.08. The van der Waals surface area contributed by atoms with Crippen molar-refractivity contribution >= 4 is 27.9 Å². The van der Waals surface area contributed by atoms with E-state index in [1.54, 1.807) is 12.1 Å². The Kier molecular flexibility index (Phi) is 4.30. The first-order chi connectivity index (χ1) is 7.08. The molecule has 1 aromatic carbocycles. The van der Waals surface area contributed by atoms with Crippen LogP contribution in [-0.2, 0) is 20.9 Å². The van der Waals surface area contributed by atoms with E-state index in [-0.39, 0.29) is 6.61 Å². The van der Waals surface area contributed by atoms with Crippen LogP contribution in [-0.4, -0.2) is 17.0 Å². The number of carboxylic acid groups (broad SMARTS) is 1. The second-order valence-corrected chi connectivity index (χ2v) is 3.78. The second kappa shape index (κ2) is 5.50. The molecule has 0 aliphatic heterocycles. The van der Waals surface area contributed by atoms with Gasteiger partial charge >= 0.3 is 11.9 Å². The first-order valence-electron chi connectivity index (χ1n) is 4.20. The molecule has 0 unspecified atom stereocenters. The number of benzene rings is 1. The van der Waals surface area contributed by atoms with Crippen molar-refractivity contribution in [1.29, 1.82) is 0 Å². The molecule has 0 atom stereocenters. The van der Waals surface area contributed by atoms with Crippen LogP contribution in [0.2, 0.25) is 0 Å². The second-order valence-electron chi connectivity index (χ2n) is 2.86. The number of esters is 1. The van der Waals surface area contributed by atoms with Gasteiger partial charge in [-0.2, -0.15) is 0 Å². The van der Waals surface area contributed by atoms with Gasteiger partial charge in [-0.1, -0.05) is 28.1 Å². The molecule has 0 saturated carbocycles. The van der Waals surface area contributed by atoms with E-state index in [0.29, 0.717) is 0 Å². The smallest absolute Gasteiger partial charge is 0.317 e. The number of carboxylic acids is 1. The molecule has 0 aliphatic rings. The van der Waals surface area contributed by atoms with Gasteiger partial charge in [0.25, 0.3) is 0 Å². The Morgan fingerprint density at radius 3 is 2.73 bits per heavy atom. The summed E-state index contributed by atoms with van der Waals surface area (Å²) >= 11 is 3.27. The number of ether oxygens (including phenoxy) is 1. The lowest BCUT2D eigenvalue weighted by Gasteiger charge is -2.03. The monoisotopic (exact) mass is 272 g/mol. The minimum Gasteiger partial charge on any atom is -0.481 e. The lowest BCUT2D eigenvalue weighted by atomic mass is 10.2. The van der Waals surface area contributed by atoms with Crippen molar-refractivity contribution in [2.75, 3.05) is 0 Å². The molecule has 1 aromatic rings. The van der Waals surface area contributed by atoms with Crippen LogP contribution in [0.25, 0.3) is 0 Å². The zero-order valence-electron chi connectivity index (χ0n) is 7.77. The van der Waals surface area contributed by atoms with Gasteiger partial charge in [0.1, 0.15) is 13.0 Å². The highest BCUT2D eigenvalue weighted by Crippen LogP contribution is 2.12. The largest absolute Gasteiger partial charge is 0.481 e. The molecule has 0 heterocycles. The third-order valence-corrected chi connectivity index (χ3v) is 2.08. The summed E-state index contributed by atoms with van der Waals surface area (Å²) in [6.07, 6.45) is -0.603. The molecule has 0 radical (unpaired) electrons. The van der Waals surface area contributed by atoms with Crippen molar-refractivity contribution in [2.45, 2.75) is 13.0 Å². The molecule has 1 rings (SSSR count). The lowest BCUT2D eigenvalue weighted by molar-refractivity contribution is -0.152. The quantitative estimate of drug-likeness (QED) is 0.672. The minimum absolute atomic E-state index is 0.0888. The summed E-state index contributed by atoms with van der Waals surface area (Å²) in [7, 11) is 0. The first kappa shape index (κ1) is 11.7. The van der Waals surface area contributed by atoms with E-state index in [9.17, 15) is 9.59 Å². The average molecular weight is 273 g/mol. The van der Waals surface area contributed by atoms with Gasteiger partial charge < -0.3 is 9.84 Å². The van der Waals surface area contributed by atoms with E-state index >= 15 is 0 Å². The maximum atomic E-state index is 10.9.